The highest BCUT2D eigenvalue weighted by molar-refractivity contribution is 6.08. The van der Waals surface area contributed by atoms with E-state index in [1.54, 1.807) is 0 Å². The quantitative estimate of drug-likeness (QED) is 0.176. The minimum absolute atomic E-state index is 0.0242. The Kier molecular flexibility index (Phi) is 7.59. The summed E-state index contributed by atoms with van der Waals surface area (Å²) in [5.41, 5.74) is 24.2. The maximum atomic E-state index is 6.64. The smallest absolute Gasteiger partial charge is 0.136 e. The molecule has 0 N–H and O–H groups in total. The lowest BCUT2D eigenvalue weighted by atomic mass is 9.70. The Balaban J connectivity index is 1.07. The van der Waals surface area contributed by atoms with Crippen LogP contribution >= 0.6 is 0 Å². The summed E-state index contributed by atoms with van der Waals surface area (Å²) in [6.07, 6.45) is 0. The minimum atomic E-state index is -0.454. The molecular formula is C62H47NO. The number of nitrogens with zero attached hydrogens (tertiary/aromatic N) is 1. The van der Waals surface area contributed by atoms with Crippen LogP contribution in [0.5, 0.6) is 0 Å². The van der Waals surface area contributed by atoms with Gasteiger partial charge in [0.15, 0.2) is 0 Å². The summed E-state index contributed by atoms with van der Waals surface area (Å²) in [6.45, 7) is 11.8. The summed E-state index contributed by atoms with van der Waals surface area (Å²) in [6, 6.07) is 72.5. The van der Waals surface area contributed by atoms with Crippen molar-refractivity contribution in [2.24, 2.45) is 0 Å². The van der Waals surface area contributed by atoms with Gasteiger partial charge in [0.25, 0.3) is 0 Å². The van der Waals surface area contributed by atoms with Crippen LogP contribution in [-0.2, 0) is 16.2 Å². The van der Waals surface area contributed by atoms with Crippen molar-refractivity contribution in [3.8, 4) is 44.5 Å². The van der Waals surface area contributed by atoms with E-state index >= 15 is 0 Å². The van der Waals surface area contributed by atoms with Gasteiger partial charge in [0.1, 0.15) is 11.2 Å². The number of hydrogen-bond acceptors (Lipinski definition) is 2. The van der Waals surface area contributed by atoms with Crippen LogP contribution in [0.4, 0.5) is 17.1 Å². The molecular weight excluding hydrogens is 775 g/mol. The summed E-state index contributed by atoms with van der Waals surface area (Å²) in [5, 5.41) is 2.21. The average Bonchev–Trinajstić information content (AvgIpc) is 4.00. The molecule has 3 aliphatic rings. The van der Waals surface area contributed by atoms with Gasteiger partial charge in [-0.25, -0.2) is 0 Å². The zero-order valence-corrected chi connectivity index (χ0v) is 36.8. The molecule has 1 spiro atoms. The summed E-state index contributed by atoms with van der Waals surface area (Å²) in [5.74, 6) is 0. The molecule has 0 fully saturated rings. The van der Waals surface area contributed by atoms with Crippen LogP contribution in [0.3, 0.4) is 0 Å². The molecule has 64 heavy (non-hydrogen) atoms. The molecule has 0 amide bonds. The van der Waals surface area contributed by atoms with Gasteiger partial charge in [-0.05, 0) is 143 Å². The number of anilines is 3. The van der Waals surface area contributed by atoms with Gasteiger partial charge in [-0.2, -0.15) is 0 Å². The lowest BCUT2D eigenvalue weighted by molar-refractivity contribution is 0.589. The Bertz CT molecular complexity index is 3510. The number of fused-ring (bicyclic) bond motifs is 16. The summed E-state index contributed by atoms with van der Waals surface area (Å²) in [4.78, 5) is 2.49. The Hall–Kier alpha value is -7.42. The standard InChI is InChI=1S/C62H47NO/c1-60(2,3)54-24-15-25-55-59(54)49-36-40(28-32-50(49)61(55,4)5)63(41-29-33-57-48(35-41)47-30-26-39(34-58(47)64-57)38-16-7-6-8-17-38)42-27-31-46-45-20-11-14-23-53(45)62(56(46)37-42)51-21-12-9-18-43(51)44-19-10-13-22-52(44)62/h6-37H,1-5H3. The first-order valence-corrected chi connectivity index (χ1v) is 22.7. The number of benzene rings is 9. The highest BCUT2D eigenvalue weighted by Gasteiger charge is 2.51. The molecule has 10 aromatic rings. The van der Waals surface area contributed by atoms with Gasteiger partial charge in [-0.1, -0.05) is 174 Å². The Morgan fingerprint density at radius 3 is 1.66 bits per heavy atom. The monoisotopic (exact) mass is 821 g/mol. The molecule has 9 aromatic carbocycles. The first-order chi connectivity index (χ1) is 31.1. The van der Waals surface area contributed by atoms with Gasteiger partial charge in [0.2, 0.25) is 0 Å². The van der Waals surface area contributed by atoms with Crippen molar-refractivity contribution >= 4 is 39.0 Å². The van der Waals surface area contributed by atoms with Crippen LogP contribution in [0.15, 0.2) is 199 Å². The molecule has 0 bridgehead atoms. The van der Waals surface area contributed by atoms with Crippen LogP contribution in [0.25, 0.3) is 66.4 Å². The Labute approximate surface area is 375 Å². The average molecular weight is 822 g/mol. The van der Waals surface area contributed by atoms with E-state index in [2.05, 4.69) is 234 Å². The third-order valence-electron chi connectivity index (χ3n) is 14.8. The Morgan fingerprint density at radius 2 is 0.969 bits per heavy atom. The van der Waals surface area contributed by atoms with E-state index in [9.17, 15) is 0 Å². The summed E-state index contributed by atoms with van der Waals surface area (Å²) < 4.78 is 6.64. The van der Waals surface area contributed by atoms with Gasteiger partial charge >= 0.3 is 0 Å². The number of hydrogen-bond donors (Lipinski definition) is 0. The molecule has 1 heterocycles. The molecule has 13 rings (SSSR count). The summed E-state index contributed by atoms with van der Waals surface area (Å²) >= 11 is 0. The molecule has 2 heteroatoms. The van der Waals surface area contributed by atoms with Crippen molar-refractivity contribution in [3.05, 3.63) is 233 Å². The van der Waals surface area contributed by atoms with Crippen molar-refractivity contribution in [2.45, 2.75) is 50.9 Å². The van der Waals surface area contributed by atoms with Gasteiger partial charge < -0.3 is 9.32 Å². The minimum Gasteiger partial charge on any atom is -0.456 e. The van der Waals surface area contributed by atoms with Crippen LogP contribution in [0, 0.1) is 0 Å². The van der Waals surface area contributed by atoms with Crippen LogP contribution in [0.1, 0.15) is 73.6 Å². The SMILES string of the molecule is CC(C)(C)c1cccc2c1-c1cc(N(c3ccc4c(c3)C3(c5ccccc5-c5ccccc53)c3ccccc3-4)c3ccc4oc5cc(-c6ccccc6)ccc5c4c3)ccc1C2(C)C. The lowest BCUT2D eigenvalue weighted by Gasteiger charge is -2.32. The maximum absolute atomic E-state index is 6.64. The van der Waals surface area contributed by atoms with Crippen LogP contribution in [0.2, 0.25) is 0 Å². The van der Waals surface area contributed by atoms with E-state index in [0.717, 1.165) is 44.6 Å². The van der Waals surface area contributed by atoms with Crippen molar-refractivity contribution < 1.29 is 4.42 Å². The van der Waals surface area contributed by atoms with E-state index < -0.39 is 5.41 Å². The van der Waals surface area contributed by atoms with Gasteiger partial charge in [-0.15, -0.1) is 0 Å². The molecule has 1 aromatic heterocycles. The second-order valence-corrected chi connectivity index (χ2v) is 19.6. The fraction of sp³-hybridized carbons (Fsp3) is 0.129. The molecule has 0 saturated carbocycles. The number of rotatable bonds is 4. The Morgan fingerprint density at radius 1 is 0.391 bits per heavy atom. The van der Waals surface area contributed by atoms with Gasteiger partial charge in [0, 0.05) is 33.2 Å². The topological polar surface area (TPSA) is 16.4 Å². The first kappa shape index (κ1) is 37.2. The second kappa shape index (κ2) is 13.1. The van der Waals surface area contributed by atoms with Crippen molar-refractivity contribution in [2.75, 3.05) is 4.90 Å². The predicted molar refractivity (Wildman–Crippen MR) is 266 cm³/mol. The van der Waals surface area contributed by atoms with E-state index in [-0.39, 0.29) is 10.8 Å². The third-order valence-corrected chi connectivity index (χ3v) is 14.8. The van der Waals surface area contributed by atoms with Crippen molar-refractivity contribution in [1.82, 2.24) is 0 Å². The van der Waals surface area contributed by atoms with Crippen molar-refractivity contribution in [3.63, 3.8) is 0 Å². The second-order valence-electron chi connectivity index (χ2n) is 19.6. The molecule has 0 radical (unpaired) electrons. The predicted octanol–water partition coefficient (Wildman–Crippen LogP) is 16.7. The molecule has 2 nitrogen and oxygen atoms in total. The fourth-order valence-corrected chi connectivity index (χ4v) is 11.9. The zero-order chi connectivity index (χ0) is 43.1. The van der Waals surface area contributed by atoms with E-state index in [0.29, 0.717) is 0 Å². The zero-order valence-electron chi connectivity index (χ0n) is 36.8. The van der Waals surface area contributed by atoms with Crippen LogP contribution in [-0.4, -0.2) is 0 Å². The maximum Gasteiger partial charge on any atom is 0.136 e. The highest BCUT2D eigenvalue weighted by atomic mass is 16.3. The third kappa shape index (κ3) is 4.97. The van der Waals surface area contributed by atoms with Crippen molar-refractivity contribution in [1.29, 1.82) is 0 Å². The molecule has 0 saturated heterocycles. The lowest BCUT2D eigenvalue weighted by Crippen LogP contribution is -2.26. The first-order valence-electron chi connectivity index (χ1n) is 22.7. The van der Waals surface area contributed by atoms with Gasteiger partial charge in [0.05, 0.1) is 5.41 Å². The normalized spacial score (nSPS) is 14.6. The molecule has 3 aliphatic carbocycles. The molecule has 0 atom stereocenters. The van der Waals surface area contributed by atoms with Gasteiger partial charge in [-0.3, -0.25) is 0 Å². The largest absolute Gasteiger partial charge is 0.456 e. The molecule has 0 unspecified atom stereocenters. The number of furan rings is 1. The summed E-state index contributed by atoms with van der Waals surface area (Å²) in [7, 11) is 0. The van der Waals surface area contributed by atoms with Crippen LogP contribution < -0.4 is 4.90 Å². The fourth-order valence-electron chi connectivity index (χ4n) is 11.9. The highest BCUT2D eigenvalue weighted by Crippen LogP contribution is 2.63. The molecule has 306 valence electrons. The van der Waals surface area contributed by atoms with E-state index in [1.807, 2.05) is 0 Å². The van der Waals surface area contributed by atoms with E-state index in [1.165, 1.54) is 77.9 Å². The molecule has 0 aliphatic heterocycles. The van der Waals surface area contributed by atoms with E-state index in [4.69, 9.17) is 4.42 Å².